The van der Waals surface area contributed by atoms with Gasteiger partial charge in [0.2, 0.25) is 0 Å². The molecule has 0 aromatic heterocycles. The summed E-state index contributed by atoms with van der Waals surface area (Å²) in [5, 5.41) is 0. The predicted octanol–water partition coefficient (Wildman–Crippen LogP) is 2.44. The van der Waals surface area contributed by atoms with E-state index in [9.17, 15) is 0 Å². The molecule has 1 fully saturated rings. The number of hydrogen-bond donors (Lipinski definition) is 0. The summed E-state index contributed by atoms with van der Waals surface area (Å²) in [6.07, 6.45) is 8.14. The molecule has 1 heterocycles. The average Bonchev–Trinajstić information content (AvgIpc) is 2.00. The van der Waals surface area contributed by atoms with Gasteiger partial charge >= 0.3 is 0 Å². The van der Waals surface area contributed by atoms with E-state index in [-0.39, 0.29) is 0 Å². The monoisotopic (exact) mass is 165 g/mol. The number of nitrogens with zero attached hydrogens (tertiary/aromatic N) is 1. The van der Waals surface area contributed by atoms with E-state index in [0.717, 1.165) is 5.92 Å². The van der Waals surface area contributed by atoms with Crippen molar-refractivity contribution in [3.05, 3.63) is 11.6 Å². The molecule has 0 unspecified atom stereocenters. The Labute approximate surface area is 75.4 Å². The molecule has 1 aliphatic carbocycles. The van der Waals surface area contributed by atoms with Crippen LogP contribution in [0.5, 0.6) is 0 Å². The third-order valence-corrected chi connectivity index (χ3v) is 3.26. The normalized spacial score (nSPS) is 26.6. The topological polar surface area (TPSA) is 3.24 Å². The smallest absolute Gasteiger partial charge is 0.0165 e. The second kappa shape index (κ2) is 3.61. The lowest BCUT2D eigenvalue weighted by molar-refractivity contribution is 0.187. The zero-order chi connectivity index (χ0) is 8.39. The van der Waals surface area contributed by atoms with Crippen LogP contribution in [0, 0.1) is 5.92 Å². The van der Waals surface area contributed by atoms with E-state index >= 15 is 0 Å². The van der Waals surface area contributed by atoms with Gasteiger partial charge in [-0.2, -0.15) is 0 Å². The Morgan fingerprint density at radius 3 is 2.83 bits per heavy atom. The molecule has 0 aromatic carbocycles. The van der Waals surface area contributed by atoms with Crippen LogP contribution in [-0.2, 0) is 0 Å². The molecule has 0 saturated heterocycles. The molecular formula is C11H19N. The molecule has 0 spiro atoms. The van der Waals surface area contributed by atoms with Gasteiger partial charge in [-0.05, 0) is 32.1 Å². The largest absolute Gasteiger partial charge is 0.299 e. The van der Waals surface area contributed by atoms with Crippen LogP contribution in [-0.4, -0.2) is 24.5 Å². The van der Waals surface area contributed by atoms with Gasteiger partial charge < -0.3 is 0 Å². The van der Waals surface area contributed by atoms with Gasteiger partial charge in [-0.3, -0.25) is 4.90 Å². The summed E-state index contributed by atoms with van der Waals surface area (Å²) < 4.78 is 0. The second-order valence-corrected chi connectivity index (χ2v) is 4.36. The highest BCUT2D eigenvalue weighted by atomic mass is 15.1. The van der Waals surface area contributed by atoms with Gasteiger partial charge in [0.05, 0.1) is 0 Å². The van der Waals surface area contributed by atoms with E-state index in [1.54, 1.807) is 5.57 Å². The van der Waals surface area contributed by atoms with E-state index in [0.29, 0.717) is 0 Å². The van der Waals surface area contributed by atoms with Gasteiger partial charge in [-0.1, -0.05) is 18.1 Å². The van der Waals surface area contributed by atoms with Crippen molar-refractivity contribution in [2.45, 2.75) is 32.6 Å². The third-order valence-electron chi connectivity index (χ3n) is 3.26. The van der Waals surface area contributed by atoms with Crippen molar-refractivity contribution < 1.29 is 0 Å². The number of hydrogen-bond acceptors (Lipinski definition) is 1. The van der Waals surface area contributed by atoms with Crippen molar-refractivity contribution in [3.8, 4) is 0 Å². The highest BCUT2D eigenvalue weighted by Gasteiger charge is 2.20. The maximum absolute atomic E-state index is 2.61. The van der Waals surface area contributed by atoms with Crippen LogP contribution in [0.4, 0.5) is 0 Å². The molecule has 12 heavy (non-hydrogen) atoms. The Kier molecular flexibility index (Phi) is 2.50. The Morgan fingerprint density at radius 1 is 1.50 bits per heavy atom. The first-order chi connectivity index (χ1) is 5.84. The molecule has 1 heteroatoms. The molecule has 0 N–H and O–H groups in total. The van der Waals surface area contributed by atoms with E-state index in [1.807, 2.05) is 0 Å². The van der Waals surface area contributed by atoms with Crippen LogP contribution >= 0.6 is 0 Å². The minimum atomic E-state index is 1.04. The molecular weight excluding hydrogens is 146 g/mol. The van der Waals surface area contributed by atoms with E-state index in [4.69, 9.17) is 0 Å². The summed E-state index contributed by atoms with van der Waals surface area (Å²) in [6.45, 7) is 6.13. The summed E-state index contributed by atoms with van der Waals surface area (Å²) in [5.41, 5.74) is 1.58. The second-order valence-electron chi connectivity index (χ2n) is 4.36. The Balaban J connectivity index is 1.75. The van der Waals surface area contributed by atoms with Crippen LogP contribution in [0.15, 0.2) is 11.6 Å². The molecule has 0 aromatic rings. The first-order valence-corrected chi connectivity index (χ1v) is 5.22. The molecule has 0 atom stereocenters. The fourth-order valence-electron chi connectivity index (χ4n) is 2.02. The Hall–Kier alpha value is -0.300. The fourth-order valence-corrected chi connectivity index (χ4v) is 2.02. The first kappa shape index (κ1) is 8.31. The highest BCUT2D eigenvalue weighted by molar-refractivity contribution is 5.03. The fraction of sp³-hybridized carbons (Fsp3) is 0.818. The first-order valence-electron chi connectivity index (χ1n) is 5.22. The summed E-state index contributed by atoms with van der Waals surface area (Å²) >= 11 is 0. The Bertz CT molecular complexity index is 179. The highest BCUT2D eigenvalue weighted by Crippen LogP contribution is 2.27. The van der Waals surface area contributed by atoms with Gasteiger partial charge in [0.15, 0.2) is 0 Å². The van der Waals surface area contributed by atoms with Crippen molar-refractivity contribution in [2.75, 3.05) is 19.6 Å². The molecule has 0 bridgehead atoms. The lowest BCUT2D eigenvalue weighted by Crippen LogP contribution is -2.35. The van der Waals surface area contributed by atoms with Gasteiger partial charge in [-0.25, -0.2) is 0 Å². The maximum Gasteiger partial charge on any atom is 0.0165 e. The summed E-state index contributed by atoms with van der Waals surface area (Å²) in [7, 11) is 0. The van der Waals surface area contributed by atoms with Crippen LogP contribution < -0.4 is 0 Å². The maximum atomic E-state index is 2.61. The average molecular weight is 165 g/mol. The minimum absolute atomic E-state index is 1.04. The standard InChI is InChI=1S/C11H19N/c1-10-5-7-12(8-6-10)9-11-3-2-4-11/h5,11H,2-4,6-9H2,1H3. The molecule has 1 saturated carbocycles. The lowest BCUT2D eigenvalue weighted by atomic mass is 9.85. The SMILES string of the molecule is CC1=CCN(CC2CCC2)CC1. The van der Waals surface area contributed by atoms with Gasteiger partial charge in [-0.15, -0.1) is 0 Å². The molecule has 1 nitrogen and oxygen atoms in total. The van der Waals surface area contributed by atoms with Crippen molar-refractivity contribution >= 4 is 0 Å². The van der Waals surface area contributed by atoms with Gasteiger partial charge in [0, 0.05) is 19.6 Å². The van der Waals surface area contributed by atoms with Crippen molar-refractivity contribution in [2.24, 2.45) is 5.92 Å². The Morgan fingerprint density at radius 2 is 2.33 bits per heavy atom. The van der Waals surface area contributed by atoms with Crippen LogP contribution in [0.25, 0.3) is 0 Å². The molecule has 0 radical (unpaired) electrons. The third kappa shape index (κ3) is 1.89. The van der Waals surface area contributed by atoms with Gasteiger partial charge in [0.25, 0.3) is 0 Å². The molecule has 2 rings (SSSR count). The molecule has 1 aliphatic heterocycles. The van der Waals surface area contributed by atoms with E-state index in [2.05, 4.69) is 17.9 Å². The van der Waals surface area contributed by atoms with Crippen LogP contribution in [0.3, 0.4) is 0 Å². The van der Waals surface area contributed by atoms with Crippen molar-refractivity contribution in [1.82, 2.24) is 4.90 Å². The van der Waals surface area contributed by atoms with E-state index in [1.165, 1.54) is 45.3 Å². The number of rotatable bonds is 2. The van der Waals surface area contributed by atoms with Crippen LogP contribution in [0.2, 0.25) is 0 Å². The molecule has 68 valence electrons. The van der Waals surface area contributed by atoms with Crippen LogP contribution in [0.1, 0.15) is 32.6 Å². The van der Waals surface area contributed by atoms with Crippen molar-refractivity contribution in [1.29, 1.82) is 0 Å². The molecule has 2 aliphatic rings. The lowest BCUT2D eigenvalue weighted by Gasteiger charge is -2.33. The quantitative estimate of drug-likeness (QED) is 0.568. The zero-order valence-corrected chi connectivity index (χ0v) is 8.05. The van der Waals surface area contributed by atoms with Gasteiger partial charge in [0.1, 0.15) is 0 Å². The minimum Gasteiger partial charge on any atom is -0.299 e. The summed E-state index contributed by atoms with van der Waals surface area (Å²) in [5.74, 6) is 1.04. The zero-order valence-electron chi connectivity index (χ0n) is 8.05. The molecule has 0 amide bonds. The summed E-state index contributed by atoms with van der Waals surface area (Å²) in [6, 6.07) is 0. The summed E-state index contributed by atoms with van der Waals surface area (Å²) in [4.78, 5) is 2.61. The van der Waals surface area contributed by atoms with E-state index < -0.39 is 0 Å². The predicted molar refractivity (Wildman–Crippen MR) is 52.2 cm³/mol. The van der Waals surface area contributed by atoms with Crippen molar-refractivity contribution in [3.63, 3.8) is 0 Å².